The van der Waals surface area contributed by atoms with Gasteiger partial charge >= 0.3 is 0 Å². The first-order valence-corrected chi connectivity index (χ1v) is 5.16. The SMILES string of the molecule is CC1CC(=C2CNC2)CC(C)C1. The third-order valence-electron chi connectivity index (χ3n) is 3.17. The zero-order valence-electron chi connectivity index (χ0n) is 8.19. The van der Waals surface area contributed by atoms with E-state index in [1.165, 1.54) is 32.4 Å². The smallest absolute Gasteiger partial charge is 0.0183 e. The Bertz CT molecular complexity index is 187. The maximum Gasteiger partial charge on any atom is 0.0183 e. The van der Waals surface area contributed by atoms with Gasteiger partial charge in [-0.1, -0.05) is 19.4 Å². The topological polar surface area (TPSA) is 12.0 Å². The summed E-state index contributed by atoms with van der Waals surface area (Å²) in [6, 6.07) is 0. The van der Waals surface area contributed by atoms with Gasteiger partial charge in [0.25, 0.3) is 0 Å². The highest BCUT2D eigenvalue weighted by atomic mass is 14.9. The van der Waals surface area contributed by atoms with Gasteiger partial charge in [0.15, 0.2) is 0 Å². The lowest BCUT2D eigenvalue weighted by Gasteiger charge is -2.32. The molecule has 2 unspecified atom stereocenters. The molecule has 1 nitrogen and oxygen atoms in total. The van der Waals surface area contributed by atoms with Gasteiger partial charge in [0, 0.05) is 13.1 Å². The standard InChI is InChI=1S/C11H19N/c1-8-3-9(2)5-10(4-8)11-6-12-7-11/h8-9,12H,3-7H2,1-2H3. The van der Waals surface area contributed by atoms with E-state index in [1.807, 2.05) is 0 Å². The van der Waals surface area contributed by atoms with Crippen LogP contribution >= 0.6 is 0 Å². The Balaban J connectivity index is 2.06. The van der Waals surface area contributed by atoms with Crippen LogP contribution in [0, 0.1) is 11.8 Å². The minimum atomic E-state index is 0.928. The molecule has 0 bridgehead atoms. The largest absolute Gasteiger partial charge is 0.309 e. The summed E-state index contributed by atoms with van der Waals surface area (Å²) in [5.41, 5.74) is 3.49. The number of nitrogens with one attached hydrogen (secondary N) is 1. The fraction of sp³-hybridized carbons (Fsp3) is 0.818. The highest BCUT2D eigenvalue weighted by Crippen LogP contribution is 2.34. The molecule has 1 N–H and O–H groups in total. The summed E-state index contributed by atoms with van der Waals surface area (Å²) in [5.74, 6) is 1.86. The Hall–Kier alpha value is -0.300. The highest BCUT2D eigenvalue weighted by Gasteiger charge is 2.23. The van der Waals surface area contributed by atoms with Crippen molar-refractivity contribution in [3.63, 3.8) is 0 Å². The molecule has 2 atom stereocenters. The van der Waals surface area contributed by atoms with Crippen LogP contribution in [0.1, 0.15) is 33.1 Å². The minimum Gasteiger partial charge on any atom is -0.309 e. The van der Waals surface area contributed by atoms with Gasteiger partial charge in [-0.05, 0) is 36.7 Å². The first-order chi connectivity index (χ1) is 5.75. The summed E-state index contributed by atoms with van der Waals surface area (Å²) in [6.07, 6.45) is 4.19. The van der Waals surface area contributed by atoms with E-state index in [9.17, 15) is 0 Å². The maximum absolute atomic E-state index is 3.33. The van der Waals surface area contributed by atoms with Gasteiger partial charge in [-0.2, -0.15) is 0 Å². The highest BCUT2D eigenvalue weighted by molar-refractivity contribution is 5.24. The van der Waals surface area contributed by atoms with Crippen molar-refractivity contribution in [1.29, 1.82) is 0 Å². The quantitative estimate of drug-likeness (QED) is 0.543. The molecule has 68 valence electrons. The molecule has 0 radical (unpaired) electrons. The number of hydrogen-bond donors (Lipinski definition) is 1. The molecule has 1 heterocycles. The van der Waals surface area contributed by atoms with E-state index in [2.05, 4.69) is 19.2 Å². The van der Waals surface area contributed by atoms with Crippen LogP contribution in [0.4, 0.5) is 0 Å². The molecule has 12 heavy (non-hydrogen) atoms. The summed E-state index contributed by atoms with van der Waals surface area (Å²) in [7, 11) is 0. The lowest BCUT2D eigenvalue weighted by atomic mass is 9.78. The van der Waals surface area contributed by atoms with Crippen LogP contribution in [0.25, 0.3) is 0 Å². The van der Waals surface area contributed by atoms with Gasteiger partial charge in [0.1, 0.15) is 0 Å². The van der Waals surface area contributed by atoms with Gasteiger partial charge in [-0.15, -0.1) is 0 Å². The molecule has 2 aliphatic rings. The second-order valence-electron chi connectivity index (χ2n) is 4.66. The molecule has 1 saturated heterocycles. The molecule has 1 aliphatic heterocycles. The van der Waals surface area contributed by atoms with Gasteiger partial charge in [0.2, 0.25) is 0 Å². The fourth-order valence-corrected chi connectivity index (χ4v) is 2.57. The van der Waals surface area contributed by atoms with Crippen molar-refractivity contribution < 1.29 is 0 Å². The molecular weight excluding hydrogens is 146 g/mol. The third-order valence-corrected chi connectivity index (χ3v) is 3.17. The second kappa shape index (κ2) is 3.21. The van der Waals surface area contributed by atoms with E-state index in [1.54, 1.807) is 11.1 Å². The van der Waals surface area contributed by atoms with Gasteiger partial charge in [-0.25, -0.2) is 0 Å². The Labute approximate surface area is 75.2 Å². The molecule has 2 fully saturated rings. The number of hydrogen-bond acceptors (Lipinski definition) is 1. The number of rotatable bonds is 0. The first kappa shape index (κ1) is 8.31. The average molecular weight is 165 g/mol. The van der Waals surface area contributed by atoms with Crippen molar-refractivity contribution in [2.24, 2.45) is 11.8 Å². The number of allylic oxidation sites excluding steroid dienone is 1. The molecule has 1 aliphatic carbocycles. The summed E-state index contributed by atoms with van der Waals surface area (Å²) in [6.45, 7) is 7.13. The van der Waals surface area contributed by atoms with Gasteiger partial charge in [0.05, 0.1) is 0 Å². The second-order valence-corrected chi connectivity index (χ2v) is 4.66. The predicted octanol–water partition coefficient (Wildman–Crippen LogP) is 2.34. The molecule has 0 spiro atoms. The Morgan fingerprint density at radius 2 is 1.58 bits per heavy atom. The van der Waals surface area contributed by atoms with Crippen LogP contribution in [-0.2, 0) is 0 Å². The summed E-state index contributed by atoms with van der Waals surface area (Å²) < 4.78 is 0. The molecule has 1 saturated carbocycles. The summed E-state index contributed by atoms with van der Waals surface area (Å²) in [4.78, 5) is 0. The lowest BCUT2D eigenvalue weighted by Crippen LogP contribution is -2.36. The van der Waals surface area contributed by atoms with Crippen molar-refractivity contribution in [1.82, 2.24) is 5.32 Å². The molecular formula is C11H19N. The van der Waals surface area contributed by atoms with Crippen LogP contribution in [-0.4, -0.2) is 13.1 Å². The van der Waals surface area contributed by atoms with E-state index >= 15 is 0 Å². The van der Waals surface area contributed by atoms with Crippen molar-refractivity contribution in [2.45, 2.75) is 33.1 Å². The van der Waals surface area contributed by atoms with Crippen molar-refractivity contribution in [2.75, 3.05) is 13.1 Å². The molecule has 1 heteroatoms. The van der Waals surface area contributed by atoms with Crippen molar-refractivity contribution in [3.05, 3.63) is 11.1 Å². The zero-order valence-corrected chi connectivity index (χ0v) is 8.19. The van der Waals surface area contributed by atoms with Crippen molar-refractivity contribution >= 4 is 0 Å². The third kappa shape index (κ3) is 1.56. The minimum absolute atomic E-state index is 0.928. The fourth-order valence-electron chi connectivity index (χ4n) is 2.57. The van der Waals surface area contributed by atoms with Crippen LogP contribution in [0.5, 0.6) is 0 Å². The monoisotopic (exact) mass is 165 g/mol. The Kier molecular flexibility index (Phi) is 2.22. The maximum atomic E-state index is 3.33. The van der Waals surface area contributed by atoms with Crippen LogP contribution < -0.4 is 5.32 Å². The van der Waals surface area contributed by atoms with E-state index in [0.717, 1.165) is 11.8 Å². The first-order valence-electron chi connectivity index (χ1n) is 5.16. The summed E-state index contributed by atoms with van der Waals surface area (Å²) in [5, 5.41) is 3.33. The van der Waals surface area contributed by atoms with E-state index < -0.39 is 0 Å². The Morgan fingerprint density at radius 3 is 2.00 bits per heavy atom. The normalized spacial score (nSPS) is 36.5. The van der Waals surface area contributed by atoms with E-state index in [0.29, 0.717) is 0 Å². The molecule has 0 amide bonds. The van der Waals surface area contributed by atoms with Crippen LogP contribution in [0.15, 0.2) is 11.1 Å². The Morgan fingerprint density at radius 1 is 1.00 bits per heavy atom. The van der Waals surface area contributed by atoms with Crippen LogP contribution in [0.3, 0.4) is 0 Å². The lowest BCUT2D eigenvalue weighted by molar-refractivity contribution is 0.352. The molecule has 2 rings (SSSR count). The van der Waals surface area contributed by atoms with Crippen LogP contribution in [0.2, 0.25) is 0 Å². The van der Waals surface area contributed by atoms with E-state index in [-0.39, 0.29) is 0 Å². The van der Waals surface area contributed by atoms with Gasteiger partial charge in [-0.3, -0.25) is 0 Å². The average Bonchev–Trinajstić information content (AvgIpc) is 1.79. The molecule has 0 aromatic heterocycles. The predicted molar refractivity (Wildman–Crippen MR) is 52.1 cm³/mol. The summed E-state index contributed by atoms with van der Waals surface area (Å²) >= 11 is 0. The molecule has 0 aromatic carbocycles. The van der Waals surface area contributed by atoms with Gasteiger partial charge < -0.3 is 5.32 Å². The van der Waals surface area contributed by atoms with E-state index in [4.69, 9.17) is 0 Å². The van der Waals surface area contributed by atoms with Crippen molar-refractivity contribution in [3.8, 4) is 0 Å². The molecule has 0 aromatic rings. The zero-order chi connectivity index (χ0) is 8.55.